The summed E-state index contributed by atoms with van der Waals surface area (Å²) >= 11 is 0. The molecular weight excluding hydrogens is 320 g/mol. The van der Waals surface area contributed by atoms with Crippen LogP contribution in [0.25, 0.3) is 0 Å². The van der Waals surface area contributed by atoms with Gasteiger partial charge in [0.15, 0.2) is 0 Å². The molecule has 0 spiro atoms. The van der Waals surface area contributed by atoms with Gasteiger partial charge in [0.1, 0.15) is 5.60 Å². The molecule has 0 fully saturated rings. The van der Waals surface area contributed by atoms with Crippen LogP contribution in [0.15, 0.2) is 18.5 Å². The third kappa shape index (κ3) is 8.05. The van der Waals surface area contributed by atoms with Crippen molar-refractivity contribution in [1.29, 1.82) is 0 Å². The molecule has 0 aliphatic carbocycles. The van der Waals surface area contributed by atoms with Crippen LogP contribution >= 0.6 is 0 Å². The monoisotopic (exact) mass is 352 g/mol. The minimum Gasteiger partial charge on any atom is -0.444 e. The van der Waals surface area contributed by atoms with Gasteiger partial charge in [-0.3, -0.25) is 9.48 Å². The normalized spacial score (nSPS) is 14.0. The first kappa shape index (κ1) is 21.0. The Morgan fingerprint density at radius 3 is 2.44 bits per heavy atom. The summed E-state index contributed by atoms with van der Waals surface area (Å²) in [5, 5.41) is 9.92. The van der Waals surface area contributed by atoms with E-state index >= 15 is 0 Å². The van der Waals surface area contributed by atoms with Crippen molar-refractivity contribution in [2.24, 2.45) is 5.92 Å². The van der Waals surface area contributed by atoms with Crippen molar-refractivity contribution in [3.05, 3.63) is 18.5 Å². The summed E-state index contributed by atoms with van der Waals surface area (Å²) in [4.78, 5) is 24.1. The fraction of sp³-hybridized carbons (Fsp3) is 0.722. The lowest BCUT2D eigenvalue weighted by Crippen LogP contribution is -2.57. The summed E-state index contributed by atoms with van der Waals surface area (Å²) < 4.78 is 7.06. The van der Waals surface area contributed by atoms with Gasteiger partial charge in [-0.2, -0.15) is 5.10 Å². The maximum atomic E-state index is 12.3. The van der Waals surface area contributed by atoms with Gasteiger partial charge in [0.05, 0.1) is 5.54 Å². The first-order valence-electron chi connectivity index (χ1n) is 8.77. The lowest BCUT2D eigenvalue weighted by Gasteiger charge is -2.35. The van der Waals surface area contributed by atoms with E-state index < -0.39 is 17.2 Å². The number of alkyl carbamates (subject to hydrolysis) is 1. The molecule has 2 N–H and O–H groups in total. The van der Waals surface area contributed by atoms with Crippen molar-refractivity contribution in [2.75, 3.05) is 6.54 Å². The van der Waals surface area contributed by atoms with Crippen molar-refractivity contribution < 1.29 is 14.3 Å². The maximum absolute atomic E-state index is 12.3. The number of aryl methyl sites for hydroxylation is 1. The predicted octanol–water partition coefficient (Wildman–Crippen LogP) is 2.72. The average Bonchev–Trinajstić information content (AvgIpc) is 2.96. The van der Waals surface area contributed by atoms with Gasteiger partial charge in [-0.25, -0.2) is 4.79 Å². The molecule has 7 nitrogen and oxygen atoms in total. The highest BCUT2D eigenvalue weighted by Gasteiger charge is 2.31. The minimum atomic E-state index is -0.548. The first-order chi connectivity index (χ1) is 11.5. The largest absolute Gasteiger partial charge is 0.444 e. The lowest BCUT2D eigenvalue weighted by atomic mass is 9.88. The highest BCUT2D eigenvalue weighted by molar-refractivity contribution is 5.77. The van der Waals surface area contributed by atoms with Gasteiger partial charge in [-0.05, 0) is 46.1 Å². The van der Waals surface area contributed by atoms with Gasteiger partial charge in [0, 0.05) is 31.9 Å². The third-order valence-corrected chi connectivity index (χ3v) is 4.05. The van der Waals surface area contributed by atoms with Gasteiger partial charge in [-0.15, -0.1) is 0 Å². The van der Waals surface area contributed by atoms with Crippen LogP contribution in [-0.4, -0.2) is 39.5 Å². The molecule has 1 heterocycles. The number of nitrogens with zero attached hydrogens (tertiary/aromatic N) is 2. The Kier molecular flexibility index (Phi) is 7.45. The van der Waals surface area contributed by atoms with E-state index in [4.69, 9.17) is 4.74 Å². The van der Waals surface area contributed by atoms with Crippen molar-refractivity contribution in [2.45, 2.75) is 72.1 Å². The Morgan fingerprint density at radius 2 is 1.92 bits per heavy atom. The van der Waals surface area contributed by atoms with E-state index in [1.807, 2.05) is 53.8 Å². The Hall–Kier alpha value is -2.05. The molecule has 2 amide bonds. The van der Waals surface area contributed by atoms with Crippen LogP contribution in [0, 0.1) is 5.92 Å². The fourth-order valence-corrected chi connectivity index (χ4v) is 2.18. The Balaban J connectivity index is 2.47. The maximum Gasteiger partial charge on any atom is 0.407 e. The van der Waals surface area contributed by atoms with Gasteiger partial charge in [0.2, 0.25) is 5.91 Å². The molecule has 1 atom stereocenters. The lowest BCUT2D eigenvalue weighted by molar-refractivity contribution is -0.123. The average molecular weight is 352 g/mol. The van der Waals surface area contributed by atoms with Crippen molar-refractivity contribution in [1.82, 2.24) is 20.4 Å². The van der Waals surface area contributed by atoms with Gasteiger partial charge in [0.25, 0.3) is 0 Å². The van der Waals surface area contributed by atoms with Gasteiger partial charge >= 0.3 is 6.09 Å². The summed E-state index contributed by atoms with van der Waals surface area (Å²) in [6.07, 6.45) is 4.24. The molecule has 1 aromatic rings. The summed E-state index contributed by atoms with van der Waals surface area (Å²) in [6, 6.07) is 1.86. The van der Waals surface area contributed by atoms with E-state index in [0.29, 0.717) is 25.9 Å². The summed E-state index contributed by atoms with van der Waals surface area (Å²) in [6.45, 7) is 12.4. The number of ether oxygens (including phenoxy) is 1. The van der Waals surface area contributed by atoms with Gasteiger partial charge < -0.3 is 15.4 Å². The molecule has 0 bridgehead atoms. The molecule has 25 heavy (non-hydrogen) atoms. The van der Waals surface area contributed by atoms with E-state index in [0.717, 1.165) is 0 Å². The zero-order valence-electron chi connectivity index (χ0n) is 16.3. The summed E-state index contributed by atoms with van der Waals surface area (Å²) in [5.74, 6) is 0.117. The van der Waals surface area contributed by atoms with E-state index in [1.54, 1.807) is 10.9 Å². The topological polar surface area (TPSA) is 85.3 Å². The molecule has 0 saturated carbocycles. The highest BCUT2D eigenvalue weighted by atomic mass is 16.6. The number of carbonyl (C=O) groups is 2. The molecule has 0 aliphatic heterocycles. The molecular formula is C18H32N4O3. The number of hydrogen-bond acceptors (Lipinski definition) is 4. The second-order valence-corrected chi connectivity index (χ2v) is 7.85. The number of carbonyl (C=O) groups excluding carboxylic acids is 2. The zero-order chi connectivity index (χ0) is 19.1. The van der Waals surface area contributed by atoms with Crippen molar-refractivity contribution >= 4 is 12.0 Å². The first-order valence-corrected chi connectivity index (χ1v) is 8.77. The van der Waals surface area contributed by atoms with Crippen LogP contribution in [0.4, 0.5) is 4.79 Å². The van der Waals surface area contributed by atoms with Crippen LogP contribution in [0.3, 0.4) is 0 Å². The molecule has 7 heteroatoms. The quantitative estimate of drug-likeness (QED) is 0.753. The van der Waals surface area contributed by atoms with Crippen LogP contribution in [0.5, 0.6) is 0 Å². The van der Waals surface area contributed by atoms with Crippen LogP contribution < -0.4 is 10.6 Å². The Morgan fingerprint density at radius 1 is 1.24 bits per heavy atom. The Labute approximate surface area is 150 Å². The van der Waals surface area contributed by atoms with Crippen LogP contribution in [0.1, 0.15) is 54.4 Å². The number of hydrogen-bond donors (Lipinski definition) is 2. The molecule has 1 rings (SSSR count). The minimum absolute atomic E-state index is 0.0330. The second-order valence-electron chi connectivity index (χ2n) is 7.85. The second kappa shape index (κ2) is 8.87. The number of rotatable bonds is 8. The Bertz CT molecular complexity index is 549. The molecule has 142 valence electrons. The summed E-state index contributed by atoms with van der Waals surface area (Å²) in [7, 11) is 0. The summed E-state index contributed by atoms with van der Waals surface area (Å²) in [5.41, 5.74) is -1.09. The predicted molar refractivity (Wildman–Crippen MR) is 97.1 cm³/mol. The number of aromatic nitrogens is 2. The number of amides is 2. The van der Waals surface area contributed by atoms with E-state index in [1.165, 1.54) is 0 Å². The van der Waals surface area contributed by atoms with Crippen molar-refractivity contribution in [3.63, 3.8) is 0 Å². The SMILES string of the molecule is CC(C)C(C)(CNC(=O)OC(C)(C)C)NC(=O)CCCn1cccn1. The number of nitrogens with one attached hydrogen (secondary N) is 2. The third-order valence-electron chi connectivity index (χ3n) is 4.05. The van der Waals surface area contributed by atoms with Crippen LogP contribution in [-0.2, 0) is 16.1 Å². The standard InChI is InChI=1S/C18H32N4O3/c1-14(2)18(6,13-19-16(24)25-17(3,4)5)21-15(23)9-7-11-22-12-8-10-20-22/h8,10,12,14H,7,9,11,13H2,1-6H3,(H,19,24)(H,21,23). The fourth-order valence-electron chi connectivity index (χ4n) is 2.18. The van der Waals surface area contributed by atoms with E-state index in [2.05, 4.69) is 15.7 Å². The molecule has 0 radical (unpaired) electrons. The van der Waals surface area contributed by atoms with E-state index in [-0.39, 0.29) is 11.8 Å². The van der Waals surface area contributed by atoms with Gasteiger partial charge in [-0.1, -0.05) is 13.8 Å². The highest BCUT2D eigenvalue weighted by Crippen LogP contribution is 2.16. The molecule has 0 saturated heterocycles. The smallest absolute Gasteiger partial charge is 0.407 e. The molecule has 1 unspecified atom stereocenters. The van der Waals surface area contributed by atoms with E-state index in [9.17, 15) is 9.59 Å². The molecule has 1 aromatic heterocycles. The zero-order valence-corrected chi connectivity index (χ0v) is 16.3. The van der Waals surface area contributed by atoms with Crippen molar-refractivity contribution in [3.8, 4) is 0 Å². The van der Waals surface area contributed by atoms with Crippen LogP contribution in [0.2, 0.25) is 0 Å². The molecule has 0 aliphatic rings. The molecule has 0 aromatic carbocycles.